The van der Waals surface area contributed by atoms with Gasteiger partial charge in [0.2, 0.25) is 11.8 Å². The fourth-order valence-electron chi connectivity index (χ4n) is 8.69. The highest BCUT2D eigenvalue weighted by atomic mass is 16.2. The second-order valence-electron chi connectivity index (χ2n) is 12.8. The van der Waals surface area contributed by atoms with Crippen LogP contribution in [0.15, 0.2) is 36.4 Å². The zero-order chi connectivity index (χ0) is 25.0. The van der Waals surface area contributed by atoms with Gasteiger partial charge < -0.3 is 10.2 Å². The average Bonchev–Trinajstić information content (AvgIpc) is 3.17. The van der Waals surface area contributed by atoms with Gasteiger partial charge >= 0.3 is 0 Å². The van der Waals surface area contributed by atoms with Crippen LogP contribution in [0.5, 0.6) is 0 Å². The van der Waals surface area contributed by atoms with E-state index in [0.717, 1.165) is 30.4 Å². The van der Waals surface area contributed by atoms with E-state index >= 15 is 0 Å². The molecule has 0 spiro atoms. The first-order valence-electron chi connectivity index (χ1n) is 13.9. The van der Waals surface area contributed by atoms with E-state index in [0.29, 0.717) is 35.6 Å². The maximum Gasteiger partial charge on any atom is 0.246 e. The molecule has 3 fully saturated rings. The van der Waals surface area contributed by atoms with Gasteiger partial charge in [0.1, 0.15) is 0 Å². The molecule has 2 amide bonds. The van der Waals surface area contributed by atoms with Crippen molar-refractivity contribution in [1.82, 2.24) is 10.2 Å². The summed E-state index contributed by atoms with van der Waals surface area (Å²) in [7, 11) is 2.00. The molecule has 0 bridgehead atoms. The highest BCUT2D eigenvalue weighted by Gasteiger charge is 2.60. The van der Waals surface area contributed by atoms with E-state index in [1.165, 1.54) is 37.7 Å². The summed E-state index contributed by atoms with van der Waals surface area (Å²) >= 11 is 0. The monoisotopic (exact) mass is 476 g/mol. The quantitative estimate of drug-likeness (QED) is 0.590. The second kappa shape index (κ2) is 9.09. The average molecular weight is 477 g/mol. The van der Waals surface area contributed by atoms with Crippen LogP contribution in [0.2, 0.25) is 0 Å². The zero-order valence-corrected chi connectivity index (χ0v) is 22.3. The highest BCUT2D eigenvalue weighted by Crippen LogP contribution is 2.65. The van der Waals surface area contributed by atoms with Crippen LogP contribution in [0.1, 0.15) is 83.3 Å². The van der Waals surface area contributed by atoms with Crippen LogP contribution >= 0.6 is 0 Å². The minimum Gasteiger partial charge on any atom is -0.356 e. The van der Waals surface area contributed by atoms with Gasteiger partial charge in [0.25, 0.3) is 0 Å². The van der Waals surface area contributed by atoms with Crippen molar-refractivity contribution in [1.29, 1.82) is 0 Å². The van der Waals surface area contributed by atoms with E-state index in [1.54, 1.807) is 0 Å². The van der Waals surface area contributed by atoms with Gasteiger partial charge in [-0.15, -0.1) is 0 Å². The number of likely N-dealkylation sites (N-methyl/N-ethyl adjacent to an activating group) is 1. The summed E-state index contributed by atoms with van der Waals surface area (Å²) in [5, 5.41) is 3.31. The van der Waals surface area contributed by atoms with Gasteiger partial charge in [-0.3, -0.25) is 9.59 Å². The number of carbonyl (C=O) groups is 2. The summed E-state index contributed by atoms with van der Waals surface area (Å²) in [6, 6.07) is 8.85. The zero-order valence-electron chi connectivity index (χ0n) is 22.3. The minimum atomic E-state index is 0.102. The summed E-state index contributed by atoms with van der Waals surface area (Å²) in [6.07, 6.45) is 11.9. The molecule has 5 rings (SSSR count). The summed E-state index contributed by atoms with van der Waals surface area (Å²) in [6.45, 7) is 10.1. The number of nitrogens with zero attached hydrogens (tertiary/aromatic N) is 1. The first kappa shape index (κ1) is 24.6. The molecule has 1 aliphatic heterocycles. The number of rotatable bonds is 5. The molecule has 1 aromatic carbocycles. The Hall–Kier alpha value is -2.10. The molecule has 4 heteroatoms. The number of hydrogen-bond donors (Lipinski definition) is 1. The van der Waals surface area contributed by atoms with Crippen LogP contribution in [0.3, 0.4) is 0 Å². The number of carbonyl (C=O) groups excluding carboxylic acids is 2. The van der Waals surface area contributed by atoms with Gasteiger partial charge in [0.15, 0.2) is 0 Å². The van der Waals surface area contributed by atoms with Crippen LogP contribution < -0.4 is 5.32 Å². The summed E-state index contributed by atoms with van der Waals surface area (Å²) in [5.41, 5.74) is 2.83. The molecule has 3 aliphatic carbocycles. The maximum absolute atomic E-state index is 12.8. The van der Waals surface area contributed by atoms with Crippen molar-refractivity contribution in [3.05, 3.63) is 47.5 Å². The Labute approximate surface area is 211 Å². The fourth-order valence-corrected chi connectivity index (χ4v) is 8.69. The predicted molar refractivity (Wildman–Crippen MR) is 141 cm³/mol. The Morgan fingerprint density at radius 2 is 1.80 bits per heavy atom. The van der Waals surface area contributed by atoms with E-state index < -0.39 is 0 Å². The molecule has 3 saturated carbocycles. The summed E-state index contributed by atoms with van der Waals surface area (Å²) in [5.74, 6) is 3.53. The lowest BCUT2D eigenvalue weighted by atomic mass is 9.47. The topological polar surface area (TPSA) is 49.4 Å². The lowest BCUT2D eigenvalue weighted by molar-refractivity contribution is -0.139. The molecule has 0 radical (unpaired) electrons. The van der Waals surface area contributed by atoms with Crippen molar-refractivity contribution in [2.75, 3.05) is 13.6 Å². The molecular formula is C31H44N2O2. The Bertz CT molecular complexity index is 998. The minimum absolute atomic E-state index is 0.102. The van der Waals surface area contributed by atoms with Crippen molar-refractivity contribution in [3.8, 4) is 0 Å². The van der Waals surface area contributed by atoms with Crippen LogP contribution in [-0.4, -0.2) is 36.3 Å². The number of fused-ring (bicyclic) bond motifs is 5. The first-order valence-corrected chi connectivity index (χ1v) is 13.9. The highest BCUT2D eigenvalue weighted by molar-refractivity contribution is 5.89. The fraction of sp³-hybridized carbons (Fsp3) is 0.677. The number of amides is 2. The molecule has 1 aromatic rings. The van der Waals surface area contributed by atoms with Gasteiger partial charge in [-0.1, -0.05) is 58.0 Å². The Kier molecular flexibility index (Phi) is 6.38. The number of benzene rings is 1. The molecule has 4 nitrogen and oxygen atoms in total. The van der Waals surface area contributed by atoms with Crippen LogP contribution in [0.25, 0.3) is 0 Å². The molecule has 4 aliphatic rings. The molecule has 0 saturated heterocycles. The lowest BCUT2D eigenvalue weighted by Crippen LogP contribution is -2.59. The van der Waals surface area contributed by atoms with Crippen molar-refractivity contribution in [2.45, 2.75) is 84.6 Å². The third-order valence-corrected chi connectivity index (χ3v) is 10.9. The summed E-state index contributed by atoms with van der Waals surface area (Å²) in [4.78, 5) is 27.1. The maximum atomic E-state index is 12.8. The first-order chi connectivity index (χ1) is 16.6. The number of nitrogens with one attached hydrogen (secondary N) is 1. The van der Waals surface area contributed by atoms with Gasteiger partial charge in [-0.25, -0.2) is 0 Å². The normalized spacial score (nSPS) is 38.2. The Balaban J connectivity index is 1.22. The molecule has 7 atom stereocenters. The standard InChI is InChI=1S/C31H44N2O2/c1-20(2)22-8-6-21(7-9-22)18-28(34)32-19-23-10-12-25-24-11-13-27-31(4,17-15-29(35)33(27)5)26(24)14-16-30(23,25)3/h6-9,15,17,20,23-27H,10-14,16,18-19H2,1-5H3,(H,32,34)/t23-,24+,25+,26+,27-,30-,31-/m1/s1. The molecule has 190 valence electrons. The SMILES string of the molecule is CC(C)c1ccc(CC(=O)NC[C@H]2CC[C@H]3[C@@H]4CC[C@H]5N(C)C(=O)C=C[C@]5(C)[C@H]4CC[C@]23C)cc1. The predicted octanol–water partition coefficient (Wildman–Crippen LogP) is 5.72. The molecule has 0 aromatic heterocycles. The molecule has 1 N–H and O–H groups in total. The molecular weight excluding hydrogens is 432 g/mol. The van der Waals surface area contributed by atoms with Gasteiger partial charge in [0, 0.05) is 25.0 Å². The van der Waals surface area contributed by atoms with Crippen LogP contribution in [0.4, 0.5) is 0 Å². The van der Waals surface area contributed by atoms with Gasteiger partial charge in [-0.2, -0.15) is 0 Å². The van der Waals surface area contributed by atoms with Crippen molar-refractivity contribution in [3.63, 3.8) is 0 Å². The van der Waals surface area contributed by atoms with Crippen LogP contribution in [0, 0.1) is 34.5 Å². The lowest BCUT2D eigenvalue weighted by Gasteiger charge is -2.60. The van der Waals surface area contributed by atoms with Gasteiger partial charge in [-0.05, 0) is 90.7 Å². The van der Waals surface area contributed by atoms with Crippen molar-refractivity contribution >= 4 is 11.8 Å². The van der Waals surface area contributed by atoms with E-state index in [2.05, 4.69) is 63.4 Å². The molecule has 1 heterocycles. The smallest absolute Gasteiger partial charge is 0.246 e. The number of hydrogen-bond acceptors (Lipinski definition) is 2. The van der Waals surface area contributed by atoms with Crippen LogP contribution in [-0.2, 0) is 16.0 Å². The summed E-state index contributed by atoms with van der Waals surface area (Å²) < 4.78 is 0. The second-order valence-corrected chi connectivity index (χ2v) is 12.8. The van der Waals surface area contributed by atoms with E-state index in [1.807, 2.05) is 18.0 Å². The Morgan fingerprint density at radius 1 is 1.06 bits per heavy atom. The van der Waals surface area contributed by atoms with Crippen molar-refractivity contribution < 1.29 is 9.59 Å². The Morgan fingerprint density at radius 3 is 2.51 bits per heavy atom. The van der Waals surface area contributed by atoms with E-state index in [9.17, 15) is 9.59 Å². The molecule has 35 heavy (non-hydrogen) atoms. The van der Waals surface area contributed by atoms with E-state index in [-0.39, 0.29) is 17.2 Å². The third kappa shape index (κ3) is 4.15. The third-order valence-electron chi connectivity index (χ3n) is 10.9. The van der Waals surface area contributed by atoms with Crippen molar-refractivity contribution in [2.24, 2.45) is 34.5 Å². The van der Waals surface area contributed by atoms with E-state index in [4.69, 9.17) is 0 Å². The van der Waals surface area contributed by atoms with Gasteiger partial charge in [0.05, 0.1) is 6.42 Å². The molecule has 0 unspecified atom stereocenters. The largest absolute Gasteiger partial charge is 0.356 e.